The number of carbonyl (C=O) groups excluding carboxylic acids is 1. The van der Waals surface area contributed by atoms with Crippen LogP contribution in [0.5, 0.6) is 0 Å². The zero-order valence-corrected chi connectivity index (χ0v) is 20.0. The van der Waals surface area contributed by atoms with Gasteiger partial charge in [0.05, 0.1) is 0 Å². The maximum absolute atomic E-state index is 13.3. The number of hydrogen-bond donors (Lipinski definition) is 0. The second kappa shape index (κ2) is 7.81. The summed E-state index contributed by atoms with van der Waals surface area (Å²) in [6.07, 6.45) is 8.91. The molecule has 0 aliphatic heterocycles. The third kappa shape index (κ3) is 3.33. The Morgan fingerprint density at radius 2 is 1.67 bits per heavy atom. The summed E-state index contributed by atoms with van der Waals surface area (Å²) in [5, 5.41) is 6.72. The van der Waals surface area contributed by atoms with Gasteiger partial charge in [-0.05, 0) is 0 Å². The van der Waals surface area contributed by atoms with Crippen molar-refractivity contribution in [2.24, 2.45) is 5.92 Å². The van der Waals surface area contributed by atoms with Crippen LogP contribution in [0.25, 0.3) is 10.8 Å². The predicted molar refractivity (Wildman–Crippen MR) is 120 cm³/mol. The first-order valence-electron chi connectivity index (χ1n) is 11.6. The van der Waals surface area contributed by atoms with Gasteiger partial charge in [0.15, 0.2) is 0 Å². The van der Waals surface area contributed by atoms with Crippen molar-refractivity contribution in [3.63, 3.8) is 0 Å². The van der Waals surface area contributed by atoms with Crippen molar-refractivity contribution in [3.8, 4) is 0 Å². The molecule has 0 fully saturated rings. The van der Waals surface area contributed by atoms with E-state index in [1.54, 1.807) is 22.3 Å². The standard InChI is InChI=1S/C14H19.C11H8O2.2CH3.Ti/c1-10-11-6-2-4-8-13(11)14-9-5-3-7-12(10)14;12-11(13)10-7-3-5-8-4-1-2-6-9(8)10;;;/h6,10H,2-5,7-9H2,1H3;1-7H,(H,12,13);2*1H3;/q;;;;+1/p-1. The molecule has 0 aromatic heterocycles. The fraction of sp³-hybridized carbons (Fsp3) is 0.444. The van der Waals surface area contributed by atoms with E-state index in [1.165, 1.54) is 44.9 Å². The molecular weight excluding hydrogens is 404 g/mol. The molecule has 0 saturated heterocycles. The summed E-state index contributed by atoms with van der Waals surface area (Å²) in [7, 11) is 0. The van der Waals surface area contributed by atoms with Crippen molar-refractivity contribution < 1.29 is 25.1 Å². The van der Waals surface area contributed by atoms with Crippen molar-refractivity contribution in [1.29, 1.82) is 0 Å². The van der Waals surface area contributed by atoms with Gasteiger partial charge in [0.25, 0.3) is 0 Å². The molecule has 2 unspecified atom stereocenters. The molecule has 3 heteroatoms. The van der Waals surface area contributed by atoms with Gasteiger partial charge < -0.3 is 0 Å². The third-order valence-electron chi connectivity index (χ3n) is 7.71. The third-order valence-corrected chi connectivity index (χ3v) is 12.4. The summed E-state index contributed by atoms with van der Waals surface area (Å²) in [6.45, 7) is 2.42. The maximum atomic E-state index is 13.3. The quantitative estimate of drug-likeness (QED) is 0.457. The van der Waals surface area contributed by atoms with Gasteiger partial charge in [0, 0.05) is 0 Å². The Morgan fingerprint density at radius 3 is 2.53 bits per heavy atom. The number of hydrogen-bond acceptors (Lipinski definition) is 2. The predicted octanol–water partition coefficient (Wildman–Crippen LogP) is 7.95. The molecule has 30 heavy (non-hydrogen) atoms. The van der Waals surface area contributed by atoms with E-state index in [4.69, 9.17) is 3.32 Å². The molecule has 2 aromatic rings. The molecule has 2 nitrogen and oxygen atoms in total. The summed E-state index contributed by atoms with van der Waals surface area (Å²) in [5.41, 5.74) is 7.48. The van der Waals surface area contributed by atoms with Crippen LogP contribution in [0.15, 0.2) is 64.8 Å². The molecular formula is C27H32O2Ti. The van der Waals surface area contributed by atoms with Crippen LogP contribution in [0, 0.1) is 5.92 Å². The minimum absolute atomic E-state index is 0.118. The fourth-order valence-electron chi connectivity index (χ4n) is 6.31. The van der Waals surface area contributed by atoms with Gasteiger partial charge in [0.2, 0.25) is 0 Å². The Balaban J connectivity index is 1.45. The molecule has 2 atom stereocenters. The molecule has 5 rings (SSSR count). The summed E-state index contributed by atoms with van der Waals surface area (Å²) in [4.78, 5) is 13.3. The van der Waals surface area contributed by atoms with Crippen molar-refractivity contribution in [1.82, 2.24) is 0 Å². The van der Waals surface area contributed by atoms with Crippen LogP contribution < -0.4 is 0 Å². The number of carbonyl (C=O) groups is 1. The number of benzene rings is 2. The van der Waals surface area contributed by atoms with E-state index in [0.717, 1.165) is 10.8 Å². The molecule has 0 radical (unpaired) electrons. The van der Waals surface area contributed by atoms with Crippen molar-refractivity contribution in [3.05, 3.63) is 70.3 Å². The van der Waals surface area contributed by atoms with Crippen molar-refractivity contribution >= 4 is 16.7 Å². The first kappa shape index (κ1) is 20.3. The second-order valence-electron chi connectivity index (χ2n) is 9.83. The fourth-order valence-corrected chi connectivity index (χ4v) is 10.7. The molecule has 2 aromatic carbocycles. The normalized spacial score (nSPS) is 24.1. The second-order valence-corrected chi connectivity index (χ2v) is 16.2. The van der Waals surface area contributed by atoms with E-state index in [0.29, 0.717) is 15.7 Å². The molecule has 0 heterocycles. The van der Waals surface area contributed by atoms with E-state index in [2.05, 4.69) is 29.5 Å². The molecule has 0 N–H and O–H groups in total. The van der Waals surface area contributed by atoms with Crippen LogP contribution in [0.3, 0.4) is 0 Å². The average molecular weight is 436 g/mol. The molecule has 3 aliphatic rings. The first-order valence-corrected chi connectivity index (χ1v) is 16.3. The van der Waals surface area contributed by atoms with Gasteiger partial charge in [-0.1, -0.05) is 0 Å². The average Bonchev–Trinajstić information content (AvgIpc) is 3.05. The van der Waals surface area contributed by atoms with Crippen LogP contribution in [0.4, 0.5) is 0 Å². The Morgan fingerprint density at radius 1 is 0.933 bits per heavy atom. The van der Waals surface area contributed by atoms with Crippen LogP contribution in [-0.2, 0) is 20.3 Å². The summed E-state index contributed by atoms with van der Waals surface area (Å²) < 4.78 is 6.97. The minimum atomic E-state index is -2.87. The van der Waals surface area contributed by atoms with E-state index in [-0.39, 0.29) is 5.97 Å². The molecule has 0 amide bonds. The Kier molecular flexibility index (Phi) is 5.28. The van der Waals surface area contributed by atoms with Gasteiger partial charge >= 0.3 is 185 Å². The first-order chi connectivity index (χ1) is 14.5. The van der Waals surface area contributed by atoms with Gasteiger partial charge in [-0.15, -0.1) is 0 Å². The van der Waals surface area contributed by atoms with Crippen LogP contribution >= 0.6 is 0 Å². The monoisotopic (exact) mass is 436 g/mol. The zero-order valence-electron chi connectivity index (χ0n) is 18.5. The van der Waals surface area contributed by atoms with Gasteiger partial charge in [-0.2, -0.15) is 0 Å². The van der Waals surface area contributed by atoms with Crippen LogP contribution in [0.1, 0.15) is 62.2 Å². The molecule has 0 saturated carbocycles. The van der Waals surface area contributed by atoms with E-state index >= 15 is 0 Å². The van der Waals surface area contributed by atoms with E-state index in [9.17, 15) is 4.79 Å². The number of rotatable bonds is 3. The van der Waals surface area contributed by atoms with Gasteiger partial charge in [0.1, 0.15) is 0 Å². The number of allylic oxidation sites excluding steroid dienone is 4. The topological polar surface area (TPSA) is 26.3 Å². The Bertz CT molecular complexity index is 1070. The van der Waals surface area contributed by atoms with Gasteiger partial charge in [-0.3, -0.25) is 0 Å². The zero-order chi connectivity index (χ0) is 20.9. The van der Waals surface area contributed by atoms with Crippen molar-refractivity contribution in [2.75, 3.05) is 0 Å². The molecule has 0 bridgehead atoms. The Hall–Kier alpha value is -1.64. The van der Waals surface area contributed by atoms with E-state index in [1.807, 2.05) is 30.3 Å². The SMILES string of the molecule is CC1C2=C(CCCC2)C2=C1[CH]([Ti]([CH3])([CH3])[O]C(=O)c1cccc3ccccc13)CCC2. The number of fused-ring (bicyclic) bond motifs is 2. The van der Waals surface area contributed by atoms with E-state index < -0.39 is 17.0 Å². The molecule has 156 valence electrons. The molecule has 0 spiro atoms. The van der Waals surface area contributed by atoms with Gasteiger partial charge in [-0.25, -0.2) is 0 Å². The molecule has 3 aliphatic carbocycles. The summed E-state index contributed by atoms with van der Waals surface area (Å²) in [6, 6.07) is 14.1. The van der Waals surface area contributed by atoms with Crippen LogP contribution in [0.2, 0.25) is 14.7 Å². The van der Waals surface area contributed by atoms with Crippen molar-refractivity contribution in [2.45, 2.75) is 66.5 Å². The Labute approximate surface area is 184 Å². The van der Waals surface area contributed by atoms with Crippen LogP contribution in [-0.4, -0.2) is 5.97 Å². The summed E-state index contributed by atoms with van der Waals surface area (Å²) >= 11 is -2.87. The summed E-state index contributed by atoms with van der Waals surface area (Å²) in [5.74, 6) is 0.453.